The molecular formula is C16H26O4Si. The second kappa shape index (κ2) is 6.62. The van der Waals surface area contributed by atoms with E-state index in [1.165, 1.54) is 7.11 Å². The SMILES string of the molecule is CO[C@@H](Cc1ccc(O[Si](C)(C)C(C)(C)C)cc1)C(=O)O. The number of hydrogen-bond acceptors (Lipinski definition) is 3. The average Bonchev–Trinajstić information content (AvgIpc) is 2.35. The van der Waals surface area contributed by atoms with Gasteiger partial charge in [-0.05, 0) is 35.8 Å². The molecule has 21 heavy (non-hydrogen) atoms. The Balaban J connectivity index is 2.77. The molecule has 4 nitrogen and oxygen atoms in total. The summed E-state index contributed by atoms with van der Waals surface area (Å²) in [7, 11) is -0.428. The predicted molar refractivity (Wildman–Crippen MR) is 86.4 cm³/mol. The summed E-state index contributed by atoms with van der Waals surface area (Å²) in [4.78, 5) is 11.0. The largest absolute Gasteiger partial charge is 0.544 e. The van der Waals surface area contributed by atoms with Crippen LogP contribution in [-0.4, -0.2) is 32.6 Å². The van der Waals surface area contributed by atoms with Crippen molar-refractivity contribution in [3.63, 3.8) is 0 Å². The van der Waals surface area contributed by atoms with E-state index < -0.39 is 20.4 Å². The van der Waals surface area contributed by atoms with E-state index in [0.717, 1.165) is 11.3 Å². The van der Waals surface area contributed by atoms with Gasteiger partial charge in [0.1, 0.15) is 5.75 Å². The fourth-order valence-corrected chi connectivity index (χ4v) is 2.66. The fourth-order valence-electron chi connectivity index (χ4n) is 1.63. The first-order chi connectivity index (χ1) is 9.56. The third-order valence-electron chi connectivity index (χ3n) is 4.08. The maximum Gasteiger partial charge on any atom is 0.333 e. The highest BCUT2D eigenvalue weighted by Gasteiger charge is 2.38. The first-order valence-electron chi connectivity index (χ1n) is 7.10. The standard InChI is InChI=1S/C16H26O4Si/c1-16(2,3)21(5,6)20-13-9-7-12(8-10-13)11-14(19-4)15(17)18/h7-10,14H,11H2,1-6H3,(H,17,18)/t14-/m0/s1. The van der Waals surface area contributed by atoms with Gasteiger partial charge in [0.05, 0.1) is 0 Å². The monoisotopic (exact) mass is 310 g/mol. The number of benzene rings is 1. The normalized spacial score (nSPS) is 13.8. The molecule has 0 heterocycles. The molecule has 0 aliphatic heterocycles. The summed E-state index contributed by atoms with van der Waals surface area (Å²) in [6.07, 6.45) is -0.455. The Morgan fingerprint density at radius 3 is 2.14 bits per heavy atom. The zero-order valence-corrected chi connectivity index (χ0v) is 14.8. The zero-order valence-electron chi connectivity index (χ0n) is 13.8. The van der Waals surface area contributed by atoms with Gasteiger partial charge in [-0.25, -0.2) is 4.79 Å². The van der Waals surface area contributed by atoms with Gasteiger partial charge < -0.3 is 14.3 Å². The average molecular weight is 310 g/mol. The van der Waals surface area contributed by atoms with E-state index in [-0.39, 0.29) is 5.04 Å². The number of rotatable bonds is 6. The molecule has 1 aromatic carbocycles. The highest BCUT2D eigenvalue weighted by atomic mass is 28.4. The first kappa shape index (κ1) is 17.7. The van der Waals surface area contributed by atoms with Crippen molar-refractivity contribution < 1.29 is 19.1 Å². The van der Waals surface area contributed by atoms with Gasteiger partial charge >= 0.3 is 5.97 Å². The van der Waals surface area contributed by atoms with Crippen LogP contribution in [0, 0.1) is 0 Å². The minimum atomic E-state index is -1.84. The minimum Gasteiger partial charge on any atom is -0.544 e. The van der Waals surface area contributed by atoms with Gasteiger partial charge in [-0.3, -0.25) is 0 Å². The summed E-state index contributed by atoms with van der Waals surface area (Å²) in [5, 5.41) is 9.14. The summed E-state index contributed by atoms with van der Waals surface area (Å²) in [6, 6.07) is 7.61. The van der Waals surface area contributed by atoms with Crippen molar-refractivity contribution in [1.82, 2.24) is 0 Å². The third kappa shape index (κ3) is 4.86. The van der Waals surface area contributed by atoms with E-state index in [1.807, 2.05) is 24.3 Å². The Morgan fingerprint density at radius 1 is 1.24 bits per heavy atom. The molecule has 0 unspecified atom stereocenters. The molecule has 1 aromatic rings. The molecular weight excluding hydrogens is 284 g/mol. The van der Waals surface area contributed by atoms with Crippen molar-refractivity contribution in [3.8, 4) is 5.75 Å². The predicted octanol–water partition coefficient (Wildman–Crippen LogP) is 3.71. The lowest BCUT2D eigenvalue weighted by molar-refractivity contribution is -0.148. The number of hydrogen-bond donors (Lipinski definition) is 1. The Morgan fingerprint density at radius 2 is 1.76 bits per heavy atom. The Hall–Kier alpha value is -1.33. The second-order valence-electron chi connectivity index (χ2n) is 6.77. The number of carboxylic acid groups (broad SMARTS) is 1. The molecule has 118 valence electrons. The van der Waals surface area contributed by atoms with E-state index in [1.54, 1.807) is 0 Å². The highest BCUT2D eigenvalue weighted by molar-refractivity contribution is 6.74. The van der Waals surface area contributed by atoms with Gasteiger partial charge in [-0.2, -0.15) is 0 Å². The number of carboxylic acids is 1. The lowest BCUT2D eigenvalue weighted by Crippen LogP contribution is -2.43. The van der Waals surface area contributed by atoms with Crippen LogP contribution in [0.2, 0.25) is 18.1 Å². The number of ether oxygens (including phenoxy) is 1. The van der Waals surface area contributed by atoms with Crippen LogP contribution in [0.5, 0.6) is 5.75 Å². The third-order valence-corrected chi connectivity index (χ3v) is 8.44. The lowest BCUT2D eigenvalue weighted by Gasteiger charge is -2.36. The molecule has 0 aliphatic carbocycles. The van der Waals surface area contributed by atoms with Gasteiger partial charge in [0, 0.05) is 13.5 Å². The van der Waals surface area contributed by atoms with Crippen LogP contribution in [-0.2, 0) is 16.0 Å². The van der Waals surface area contributed by atoms with E-state index in [4.69, 9.17) is 14.3 Å². The highest BCUT2D eigenvalue weighted by Crippen LogP contribution is 2.37. The van der Waals surface area contributed by atoms with Gasteiger partial charge in [-0.15, -0.1) is 0 Å². The molecule has 0 aromatic heterocycles. The van der Waals surface area contributed by atoms with Gasteiger partial charge in [-0.1, -0.05) is 32.9 Å². The van der Waals surface area contributed by atoms with Crippen LogP contribution in [0.1, 0.15) is 26.3 Å². The molecule has 0 spiro atoms. The molecule has 0 bridgehead atoms. The van der Waals surface area contributed by atoms with Crippen molar-refractivity contribution in [2.24, 2.45) is 0 Å². The molecule has 0 radical (unpaired) electrons. The molecule has 1 N–H and O–H groups in total. The van der Waals surface area contributed by atoms with Crippen molar-refractivity contribution >= 4 is 14.3 Å². The summed E-state index contributed by atoms with van der Waals surface area (Å²) >= 11 is 0. The Labute approximate surface area is 128 Å². The van der Waals surface area contributed by atoms with Crippen LogP contribution < -0.4 is 4.43 Å². The van der Waals surface area contributed by atoms with Crippen LogP contribution in [0.4, 0.5) is 0 Å². The smallest absolute Gasteiger partial charge is 0.333 e. The van der Waals surface area contributed by atoms with Crippen LogP contribution in [0.15, 0.2) is 24.3 Å². The molecule has 0 saturated carbocycles. The summed E-state index contributed by atoms with van der Waals surface area (Å²) in [6.45, 7) is 11.0. The molecule has 0 amide bonds. The molecule has 5 heteroatoms. The molecule has 0 fully saturated rings. The van der Waals surface area contributed by atoms with Crippen LogP contribution in [0.25, 0.3) is 0 Å². The van der Waals surface area contributed by atoms with E-state index >= 15 is 0 Å². The maximum absolute atomic E-state index is 11.0. The zero-order chi connectivity index (χ0) is 16.3. The topological polar surface area (TPSA) is 55.8 Å². The number of methoxy groups -OCH3 is 1. The fraction of sp³-hybridized carbons (Fsp3) is 0.562. The van der Waals surface area contributed by atoms with E-state index in [2.05, 4.69) is 33.9 Å². The summed E-state index contributed by atoms with van der Waals surface area (Å²) in [5.74, 6) is -0.103. The van der Waals surface area contributed by atoms with E-state index in [9.17, 15) is 4.79 Å². The van der Waals surface area contributed by atoms with Gasteiger partial charge in [0.2, 0.25) is 8.32 Å². The lowest BCUT2D eigenvalue weighted by atomic mass is 10.1. The van der Waals surface area contributed by atoms with Crippen LogP contribution >= 0.6 is 0 Å². The number of carbonyl (C=O) groups is 1. The van der Waals surface area contributed by atoms with Gasteiger partial charge in [0.15, 0.2) is 6.10 Å². The molecule has 1 rings (SSSR count). The molecule has 0 saturated heterocycles. The van der Waals surface area contributed by atoms with E-state index in [0.29, 0.717) is 6.42 Å². The summed E-state index contributed by atoms with van der Waals surface area (Å²) in [5.41, 5.74) is 0.923. The van der Waals surface area contributed by atoms with Gasteiger partial charge in [0.25, 0.3) is 0 Å². The van der Waals surface area contributed by atoms with Crippen molar-refractivity contribution in [2.75, 3.05) is 7.11 Å². The molecule has 1 atom stereocenters. The second-order valence-corrected chi connectivity index (χ2v) is 11.5. The van der Waals surface area contributed by atoms with Crippen LogP contribution in [0.3, 0.4) is 0 Å². The van der Waals surface area contributed by atoms with Crippen molar-refractivity contribution in [2.45, 2.75) is 51.4 Å². The van der Waals surface area contributed by atoms with Crippen molar-refractivity contribution in [1.29, 1.82) is 0 Å². The number of aliphatic carboxylic acids is 1. The quantitative estimate of drug-likeness (QED) is 0.814. The minimum absolute atomic E-state index is 0.149. The Kier molecular flexibility index (Phi) is 5.59. The summed E-state index contributed by atoms with van der Waals surface area (Å²) < 4.78 is 11.1. The van der Waals surface area contributed by atoms with Crippen molar-refractivity contribution in [3.05, 3.63) is 29.8 Å². The Bertz CT molecular complexity index is 474. The molecule has 0 aliphatic rings. The first-order valence-corrected chi connectivity index (χ1v) is 10.0. The maximum atomic E-state index is 11.0.